The van der Waals surface area contributed by atoms with Crippen LogP contribution in [0.3, 0.4) is 0 Å². The second-order valence-electron chi connectivity index (χ2n) is 5.69. The molecule has 0 radical (unpaired) electrons. The molecule has 1 aliphatic rings. The van der Waals surface area contributed by atoms with Gasteiger partial charge in [-0.05, 0) is 37.5 Å². The third kappa shape index (κ3) is 7.15. The summed E-state index contributed by atoms with van der Waals surface area (Å²) in [5.74, 6) is -1.92. The van der Waals surface area contributed by atoms with Crippen LogP contribution >= 0.6 is 0 Å². The van der Waals surface area contributed by atoms with Crippen LogP contribution in [0.5, 0.6) is 0 Å². The first-order valence-electron chi connectivity index (χ1n) is 7.05. The molecule has 1 saturated carbocycles. The molecule has 0 aliphatic heterocycles. The molecule has 1 rings (SSSR count). The van der Waals surface area contributed by atoms with Crippen molar-refractivity contribution >= 4 is 13.1 Å². The van der Waals surface area contributed by atoms with E-state index in [0.29, 0.717) is 25.7 Å². The minimum atomic E-state index is -4.30. The highest BCUT2D eigenvalue weighted by Crippen LogP contribution is 2.36. The van der Waals surface area contributed by atoms with E-state index in [1.54, 1.807) is 0 Å². The van der Waals surface area contributed by atoms with Crippen LogP contribution in [0.4, 0.5) is 13.2 Å². The van der Waals surface area contributed by atoms with Crippen molar-refractivity contribution in [2.75, 3.05) is 13.1 Å². The van der Waals surface area contributed by atoms with Crippen LogP contribution in [-0.4, -0.2) is 47.5 Å². The van der Waals surface area contributed by atoms with E-state index in [9.17, 15) is 23.1 Å². The molecular weight excluding hydrogens is 290 g/mol. The van der Waals surface area contributed by atoms with Crippen molar-refractivity contribution in [1.82, 2.24) is 5.32 Å². The molecule has 0 aromatic carbocycles. The highest BCUT2D eigenvalue weighted by Gasteiger charge is 2.36. The number of hydrogen-bond donors (Lipinski definition) is 4. The van der Waals surface area contributed by atoms with Gasteiger partial charge in [0, 0.05) is 0 Å². The average Bonchev–Trinajstić information content (AvgIpc) is 2.35. The Morgan fingerprint density at radius 3 is 2.48 bits per heavy atom. The summed E-state index contributed by atoms with van der Waals surface area (Å²) in [5, 5.41) is 29.1. The van der Waals surface area contributed by atoms with Crippen LogP contribution < -0.4 is 5.32 Å². The largest absolute Gasteiger partial charge is 0.481 e. The standard InChI is InChI=1S/C12H21BF3NO4/c14-12(15,16)7-17-6-9-2-1-8(3-4-13(20)21)5-10(9)11(18)19/h8-10,17,20-21H,1-7H2,(H,18,19)/t8-,9?,10-/m0/s1. The van der Waals surface area contributed by atoms with E-state index in [4.69, 9.17) is 10.0 Å². The monoisotopic (exact) mass is 311 g/mol. The summed E-state index contributed by atoms with van der Waals surface area (Å²) < 4.78 is 36.2. The van der Waals surface area contributed by atoms with Crippen molar-refractivity contribution in [2.45, 2.75) is 38.2 Å². The molecule has 0 aromatic rings. The number of halogens is 3. The molecule has 0 heterocycles. The Bertz CT molecular complexity index is 341. The van der Waals surface area contributed by atoms with E-state index >= 15 is 0 Å². The Labute approximate surface area is 121 Å². The number of carbonyl (C=O) groups is 1. The van der Waals surface area contributed by atoms with Crippen molar-refractivity contribution in [3.8, 4) is 0 Å². The van der Waals surface area contributed by atoms with Gasteiger partial charge < -0.3 is 20.5 Å². The minimum Gasteiger partial charge on any atom is -0.481 e. The second kappa shape index (κ2) is 8.00. The van der Waals surface area contributed by atoms with Gasteiger partial charge in [0.15, 0.2) is 0 Å². The summed E-state index contributed by atoms with van der Waals surface area (Å²) in [7, 11) is -1.40. The van der Waals surface area contributed by atoms with Gasteiger partial charge in [0.25, 0.3) is 0 Å². The molecule has 0 spiro atoms. The van der Waals surface area contributed by atoms with Crippen molar-refractivity contribution in [1.29, 1.82) is 0 Å². The third-order valence-corrected chi connectivity index (χ3v) is 3.98. The van der Waals surface area contributed by atoms with E-state index < -0.39 is 31.7 Å². The van der Waals surface area contributed by atoms with Crippen LogP contribution in [0, 0.1) is 17.8 Å². The molecular formula is C12H21BF3NO4. The molecule has 0 amide bonds. The summed E-state index contributed by atoms with van der Waals surface area (Å²) in [4.78, 5) is 11.3. The summed E-state index contributed by atoms with van der Waals surface area (Å²) in [6, 6.07) is 0. The molecule has 1 fully saturated rings. The molecule has 21 heavy (non-hydrogen) atoms. The Hall–Kier alpha value is -0.795. The predicted molar refractivity (Wildman–Crippen MR) is 70.5 cm³/mol. The van der Waals surface area contributed by atoms with E-state index in [-0.39, 0.29) is 24.7 Å². The highest BCUT2D eigenvalue weighted by atomic mass is 19.4. The normalized spacial score (nSPS) is 26.6. The molecule has 1 unspecified atom stereocenters. The molecule has 0 aromatic heterocycles. The first-order chi connectivity index (χ1) is 9.69. The summed E-state index contributed by atoms with van der Waals surface area (Å²) in [5.41, 5.74) is 0. The topological polar surface area (TPSA) is 89.8 Å². The lowest BCUT2D eigenvalue weighted by Crippen LogP contribution is -2.40. The number of carboxylic acid groups (broad SMARTS) is 1. The molecule has 3 atom stereocenters. The fraction of sp³-hybridized carbons (Fsp3) is 0.917. The van der Waals surface area contributed by atoms with Crippen LogP contribution in [0.2, 0.25) is 6.32 Å². The van der Waals surface area contributed by atoms with Gasteiger partial charge in [-0.15, -0.1) is 0 Å². The molecule has 4 N–H and O–H groups in total. The van der Waals surface area contributed by atoms with Gasteiger partial charge in [-0.3, -0.25) is 4.79 Å². The first-order valence-corrected chi connectivity index (χ1v) is 7.05. The first kappa shape index (κ1) is 18.3. The number of aliphatic carboxylic acids is 1. The molecule has 0 bridgehead atoms. The zero-order valence-electron chi connectivity index (χ0n) is 11.6. The van der Waals surface area contributed by atoms with Crippen LogP contribution in [-0.2, 0) is 4.79 Å². The average molecular weight is 311 g/mol. The van der Waals surface area contributed by atoms with Crippen LogP contribution in [0.15, 0.2) is 0 Å². The van der Waals surface area contributed by atoms with Gasteiger partial charge in [0.05, 0.1) is 12.5 Å². The zero-order valence-corrected chi connectivity index (χ0v) is 11.6. The quantitative estimate of drug-likeness (QED) is 0.529. The van der Waals surface area contributed by atoms with Crippen LogP contribution in [0.25, 0.3) is 0 Å². The van der Waals surface area contributed by atoms with E-state index in [2.05, 4.69) is 5.32 Å². The van der Waals surface area contributed by atoms with Gasteiger partial charge in [-0.2, -0.15) is 13.2 Å². The smallest absolute Gasteiger partial charge is 0.451 e. The fourth-order valence-electron chi connectivity index (χ4n) is 2.91. The lowest BCUT2D eigenvalue weighted by molar-refractivity contribution is -0.145. The van der Waals surface area contributed by atoms with Gasteiger partial charge >= 0.3 is 19.3 Å². The van der Waals surface area contributed by atoms with Crippen molar-refractivity contribution in [2.24, 2.45) is 17.8 Å². The Balaban J connectivity index is 2.45. The SMILES string of the molecule is O=C(O)[C@H]1C[C@H](CCB(O)O)CCC1CNCC(F)(F)F. The van der Waals surface area contributed by atoms with Crippen molar-refractivity contribution in [3.63, 3.8) is 0 Å². The van der Waals surface area contributed by atoms with Crippen molar-refractivity contribution < 1.29 is 33.1 Å². The highest BCUT2D eigenvalue weighted by molar-refractivity contribution is 6.40. The van der Waals surface area contributed by atoms with Gasteiger partial charge in [0.1, 0.15) is 0 Å². The maximum absolute atomic E-state index is 12.1. The molecule has 5 nitrogen and oxygen atoms in total. The number of nitrogens with one attached hydrogen (secondary N) is 1. The lowest BCUT2D eigenvalue weighted by atomic mass is 9.70. The zero-order chi connectivity index (χ0) is 16.0. The van der Waals surface area contributed by atoms with Gasteiger partial charge in [0.2, 0.25) is 0 Å². The Morgan fingerprint density at radius 1 is 1.29 bits per heavy atom. The molecule has 9 heteroatoms. The lowest BCUT2D eigenvalue weighted by Gasteiger charge is -2.34. The molecule has 0 saturated heterocycles. The van der Waals surface area contributed by atoms with Gasteiger partial charge in [-0.1, -0.05) is 12.8 Å². The van der Waals surface area contributed by atoms with E-state index in [1.807, 2.05) is 0 Å². The Morgan fingerprint density at radius 2 is 1.95 bits per heavy atom. The van der Waals surface area contributed by atoms with E-state index in [1.165, 1.54) is 0 Å². The number of rotatable bonds is 7. The summed E-state index contributed by atoms with van der Waals surface area (Å²) in [6.07, 6.45) is -1.98. The summed E-state index contributed by atoms with van der Waals surface area (Å²) in [6.45, 7) is -1.08. The molecule has 1 aliphatic carbocycles. The van der Waals surface area contributed by atoms with E-state index in [0.717, 1.165) is 0 Å². The minimum absolute atomic E-state index is 0.0336. The third-order valence-electron chi connectivity index (χ3n) is 3.98. The molecule has 122 valence electrons. The van der Waals surface area contributed by atoms with Crippen molar-refractivity contribution in [3.05, 3.63) is 0 Å². The summed E-state index contributed by atoms with van der Waals surface area (Å²) >= 11 is 0. The number of hydrogen-bond acceptors (Lipinski definition) is 4. The Kier molecular flexibility index (Phi) is 6.95. The second-order valence-corrected chi connectivity index (χ2v) is 5.69. The number of alkyl halides is 3. The maximum Gasteiger partial charge on any atom is 0.451 e. The maximum atomic E-state index is 12.1. The van der Waals surface area contributed by atoms with Crippen LogP contribution in [0.1, 0.15) is 25.7 Å². The fourth-order valence-corrected chi connectivity index (χ4v) is 2.91. The predicted octanol–water partition coefficient (Wildman–Crippen LogP) is 1.12. The van der Waals surface area contributed by atoms with Gasteiger partial charge in [-0.25, -0.2) is 0 Å². The number of carboxylic acids is 1.